The molecule has 19 heavy (non-hydrogen) atoms. The highest BCUT2D eigenvalue weighted by molar-refractivity contribution is 7.13. The number of hydrogen-bond donors (Lipinski definition) is 1. The van der Waals surface area contributed by atoms with Crippen LogP contribution < -0.4 is 5.56 Å². The fourth-order valence-corrected chi connectivity index (χ4v) is 2.76. The lowest BCUT2D eigenvalue weighted by molar-refractivity contribution is 0.545. The Morgan fingerprint density at radius 2 is 2.11 bits per heavy atom. The van der Waals surface area contributed by atoms with E-state index in [-0.39, 0.29) is 11.0 Å². The number of aromatic nitrogens is 3. The summed E-state index contributed by atoms with van der Waals surface area (Å²) in [4.78, 5) is 15.7. The Kier molecular flexibility index (Phi) is 2.60. The molecule has 0 saturated carbocycles. The highest BCUT2D eigenvalue weighted by atomic mass is 32.1. The van der Waals surface area contributed by atoms with Crippen molar-refractivity contribution in [3.63, 3.8) is 0 Å². The molecule has 3 aromatic heterocycles. The lowest BCUT2D eigenvalue weighted by Crippen LogP contribution is -2.22. The molecule has 0 spiro atoms. The predicted molar refractivity (Wildman–Crippen MR) is 77.8 cm³/mol. The Bertz CT molecular complexity index is 775. The van der Waals surface area contributed by atoms with Gasteiger partial charge in [0.05, 0.1) is 10.6 Å². The Hall–Kier alpha value is -1.88. The van der Waals surface area contributed by atoms with Crippen LogP contribution in [0, 0.1) is 0 Å². The van der Waals surface area contributed by atoms with E-state index in [0.29, 0.717) is 0 Å². The first kappa shape index (κ1) is 12.2. The lowest BCUT2D eigenvalue weighted by atomic mass is 9.92. The first-order valence-corrected chi connectivity index (χ1v) is 7.00. The molecule has 0 atom stereocenters. The molecule has 0 bridgehead atoms. The molecule has 0 aromatic carbocycles. The van der Waals surface area contributed by atoms with E-state index in [1.54, 1.807) is 17.4 Å². The van der Waals surface area contributed by atoms with Crippen LogP contribution in [-0.2, 0) is 5.41 Å². The third kappa shape index (κ3) is 2.10. The molecular formula is C14H15N3OS. The third-order valence-electron chi connectivity index (χ3n) is 3.00. The van der Waals surface area contributed by atoms with Crippen LogP contribution >= 0.6 is 11.3 Å². The van der Waals surface area contributed by atoms with Crippen LogP contribution in [0.15, 0.2) is 34.4 Å². The molecule has 5 heteroatoms. The quantitative estimate of drug-likeness (QED) is 0.741. The molecule has 0 saturated heterocycles. The second-order valence-electron chi connectivity index (χ2n) is 5.57. The minimum absolute atomic E-state index is 0.0879. The number of fused-ring (bicyclic) bond motifs is 1. The number of H-pyrrole nitrogens is 1. The summed E-state index contributed by atoms with van der Waals surface area (Å²) in [7, 11) is 0. The van der Waals surface area contributed by atoms with Gasteiger partial charge in [-0.05, 0) is 11.4 Å². The van der Waals surface area contributed by atoms with Crippen LogP contribution in [0.25, 0.3) is 16.2 Å². The standard InChI is InChI=1S/C14H15N3OS/c1-14(2,3)11-8-13(18)15-12-7-9(16-17(11)12)10-5-4-6-19-10/h4-8H,1-3H3,(H,15,18). The van der Waals surface area contributed by atoms with Gasteiger partial charge in [-0.2, -0.15) is 5.10 Å². The highest BCUT2D eigenvalue weighted by Gasteiger charge is 2.20. The first-order valence-electron chi connectivity index (χ1n) is 6.12. The van der Waals surface area contributed by atoms with E-state index >= 15 is 0 Å². The first-order chi connectivity index (χ1) is 8.95. The van der Waals surface area contributed by atoms with Crippen molar-refractivity contribution in [3.05, 3.63) is 45.7 Å². The van der Waals surface area contributed by atoms with Crippen molar-refractivity contribution < 1.29 is 0 Å². The van der Waals surface area contributed by atoms with E-state index in [4.69, 9.17) is 0 Å². The highest BCUT2D eigenvalue weighted by Crippen LogP contribution is 2.26. The molecule has 1 N–H and O–H groups in total. The van der Waals surface area contributed by atoms with Crippen molar-refractivity contribution in [2.45, 2.75) is 26.2 Å². The van der Waals surface area contributed by atoms with Gasteiger partial charge in [-0.25, -0.2) is 4.52 Å². The largest absolute Gasteiger partial charge is 0.307 e. The Morgan fingerprint density at radius 1 is 1.32 bits per heavy atom. The van der Waals surface area contributed by atoms with E-state index in [0.717, 1.165) is 21.9 Å². The molecule has 98 valence electrons. The molecule has 3 heterocycles. The molecule has 0 aliphatic heterocycles. The fourth-order valence-electron chi connectivity index (χ4n) is 2.08. The zero-order valence-corrected chi connectivity index (χ0v) is 11.9. The Balaban J connectivity index is 2.31. The average Bonchev–Trinajstić information content (AvgIpc) is 2.93. The molecule has 0 aliphatic rings. The summed E-state index contributed by atoms with van der Waals surface area (Å²) < 4.78 is 1.83. The number of thiophene rings is 1. The van der Waals surface area contributed by atoms with Crippen LogP contribution in [-0.4, -0.2) is 14.6 Å². The van der Waals surface area contributed by atoms with Gasteiger partial charge in [-0.15, -0.1) is 11.3 Å². The van der Waals surface area contributed by atoms with Gasteiger partial charge < -0.3 is 4.98 Å². The van der Waals surface area contributed by atoms with Gasteiger partial charge in [-0.1, -0.05) is 26.8 Å². The minimum Gasteiger partial charge on any atom is -0.307 e. The number of hydrogen-bond acceptors (Lipinski definition) is 3. The van der Waals surface area contributed by atoms with Crippen LogP contribution in [0.3, 0.4) is 0 Å². The summed E-state index contributed by atoms with van der Waals surface area (Å²) in [6.45, 7) is 6.23. The molecule has 0 aliphatic carbocycles. The zero-order chi connectivity index (χ0) is 13.6. The Labute approximate surface area is 114 Å². The summed E-state index contributed by atoms with van der Waals surface area (Å²) in [5.41, 5.74) is 2.32. The van der Waals surface area contributed by atoms with Gasteiger partial charge in [0.2, 0.25) is 0 Å². The maximum absolute atomic E-state index is 11.8. The zero-order valence-electron chi connectivity index (χ0n) is 11.1. The lowest BCUT2D eigenvalue weighted by Gasteiger charge is -2.19. The fraction of sp³-hybridized carbons (Fsp3) is 0.286. The molecule has 0 unspecified atom stereocenters. The van der Waals surface area contributed by atoms with E-state index in [1.165, 1.54) is 0 Å². The van der Waals surface area contributed by atoms with E-state index < -0.39 is 0 Å². The minimum atomic E-state index is -0.134. The van der Waals surface area contributed by atoms with Crippen molar-refractivity contribution in [1.82, 2.24) is 14.6 Å². The van der Waals surface area contributed by atoms with Gasteiger partial charge in [0.15, 0.2) is 0 Å². The van der Waals surface area contributed by atoms with E-state index in [1.807, 2.05) is 28.1 Å². The van der Waals surface area contributed by atoms with Gasteiger partial charge in [0.25, 0.3) is 5.56 Å². The second kappa shape index (κ2) is 4.06. The maximum atomic E-state index is 11.8. The van der Waals surface area contributed by atoms with Gasteiger partial charge in [-0.3, -0.25) is 4.79 Å². The smallest absolute Gasteiger partial charge is 0.251 e. The predicted octanol–water partition coefficient (Wildman–Crippen LogP) is 3.05. The number of nitrogens with one attached hydrogen (secondary N) is 1. The van der Waals surface area contributed by atoms with Crippen molar-refractivity contribution >= 4 is 17.0 Å². The monoisotopic (exact) mass is 273 g/mol. The second-order valence-corrected chi connectivity index (χ2v) is 6.52. The molecular weight excluding hydrogens is 258 g/mol. The molecule has 3 aromatic rings. The van der Waals surface area contributed by atoms with Crippen LogP contribution in [0.1, 0.15) is 26.5 Å². The summed E-state index contributed by atoms with van der Waals surface area (Å²) in [6.07, 6.45) is 0. The van der Waals surface area contributed by atoms with Crippen molar-refractivity contribution in [1.29, 1.82) is 0 Å². The van der Waals surface area contributed by atoms with Crippen LogP contribution in [0.4, 0.5) is 0 Å². The van der Waals surface area contributed by atoms with Crippen LogP contribution in [0.5, 0.6) is 0 Å². The van der Waals surface area contributed by atoms with Gasteiger partial charge in [0.1, 0.15) is 11.3 Å². The summed E-state index contributed by atoms with van der Waals surface area (Å²) >= 11 is 1.64. The molecule has 0 radical (unpaired) electrons. The van der Waals surface area contributed by atoms with E-state index in [2.05, 4.69) is 30.9 Å². The normalized spacial score (nSPS) is 12.2. The SMILES string of the molecule is CC(C)(C)c1cc(=O)[nH]c2cc(-c3cccs3)nn12. The number of nitrogens with zero attached hydrogens (tertiary/aromatic N) is 2. The maximum Gasteiger partial charge on any atom is 0.251 e. The van der Waals surface area contributed by atoms with Crippen molar-refractivity contribution in [3.8, 4) is 10.6 Å². The van der Waals surface area contributed by atoms with Crippen molar-refractivity contribution in [2.75, 3.05) is 0 Å². The summed E-state index contributed by atoms with van der Waals surface area (Å²) in [5.74, 6) is 0. The van der Waals surface area contributed by atoms with Crippen LogP contribution in [0.2, 0.25) is 0 Å². The summed E-state index contributed by atoms with van der Waals surface area (Å²) in [6, 6.07) is 7.57. The van der Waals surface area contributed by atoms with Gasteiger partial charge >= 0.3 is 0 Å². The molecule has 4 nitrogen and oxygen atoms in total. The number of rotatable bonds is 1. The molecule has 0 amide bonds. The average molecular weight is 273 g/mol. The van der Waals surface area contributed by atoms with E-state index in [9.17, 15) is 4.79 Å². The number of aromatic amines is 1. The summed E-state index contributed by atoms with van der Waals surface area (Å²) in [5, 5.41) is 6.64. The molecule has 3 rings (SSSR count). The molecule has 0 fully saturated rings. The van der Waals surface area contributed by atoms with Crippen molar-refractivity contribution in [2.24, 2.45) is 0 Å². The van der Waals surface area contributed by atoms with Gasteiger partial charge in [0, 0.05) is 17.5 Å². The third-order valence-corrected chi connectivity index (χ3v) is 3.89. The topological polar surface area (TPSA) is 50.2 Å². The Morgan fingerprint density at radius 3 is 2.74 bits per heavy atom.